The predicted octanol–water partition coefficient (Wildman–Crippen LogP) is 5.88. The van der Waals surface area contributed by atoms with Gasteiger partial charge in [-0.3, -0.25) is 0 Å². The molecule has 126 valence electrons. The highest BCUT2D eigenvalue weighted by molar-refractivity contribution is 7.14. The van der Waals surface area contributed by atoms with Crippen molar-refractivity contribution in [3.05, 3.63) is 52.0 Å². The quantitative estimate of drug-likeness (QED) is 0.540. The maximum absolute atomic E-state index is 5.31. The first-order chi connectivity index (χ1) is 11.7. The number of methoxy groups -OCH3 is 1. The number of ether oxygens (including phenoxy) is 1. The molecule has 1 aromatic carbocycles. The molecule has 0 aliphatic heterocycles. The van der Waals surface area contributed by atoms with Gasteiger partial charge in [-0.15, -0.1) is 22.7 Å². The van der Waals surface area contributed by atoms with E-state index in [1.165, 1.54) is 10.6 Å². The van der Waals surface area contributed by atoms with Gasteiger partial charge in [-0.2, -0.15) is 0 Å². The van der Waals surface area contributed by atoms with E-state index < -0.39 is 0 Å². The van der Waals surface area contributed by atoms with E-state index in [0.29, 0.717) is 6.04 Å². The summed E-state index contributed by atoms with van der Waals surface area (Å²) in [5, 5.41) is 4.34. The lowest BCUT2D eigenvalue weighted by Crippen LogP contribution is -2.19. The van der Waals surface area contributed by atoms with Gasteiger partial charge in [-0.25, -0.2) is 4.99 Å². The standard InChI is InChI=1S/C19H22N2OS2/c1-4-7-14(2)21-17(18-10-6-11-23-18)13-24-19(21)20-15-8-5-9-16(12-15)22-3/h5-6,8-14H,4,7H2,1-3H3. The Morgan fingerprint density at radius 1 is 1.21 bits per heavy atom. The Kier molecular flexibility index (Phi) is 5.53. The third-order valence-electron chi connectivity index (χ3n) is 3.94. The highest BCUT2D eigenvalue weighted by Crippen LogP contribution is 2.29. The first-order valence-corrected chi connectivity index (χ1v) is 9.91. The third-order valence-corrected chi connectivity index (χ3v) is 5.67. The second-order valence-corrected chi connectivity index (χ2v) is 7.49. The van der Waals surface area contributed by atoms with Crippen LogP contribution in [-0.4, -0.2) is 11.7 Å². The van der Waals surface area contributed by atoms with Gasteiger partial charge in [0.2, 0.25) is 0 Å². The lowest BCUT2D eigenvalue weighted by atomic mass is 10.2. The van der Waals surface area contributed by atoms with E-state index in [4.69, 9.17) is 9.73 Å². The van der Waals surface area contributed by atoms with E-state index in [9.17, 15) is 0 Å². The van der Waals surface area contributed by atoms with Gasteiger partial charge < -0.3 is 9.30 Å². The predicted molar refractivity (Wildman–Crippen MR) is 103 cm³/mol. The lowest BCUT2D eigenvalue weighted by molar-refractivity contribution is 0.415. The van der Waals surface area contributed by atoms with Crippen LogP contribution in [0.25, 0.3) is 10.6 Å². The van der Waals surface area contributed by atoms with Crippen molar-refractivity contribution in [1.82, 2.24) is 4.57 Å². The second kappa shape index (κ2) is 7.81. The molecule has 3 rings (SSSR count). The SMILES string of the molecule is CCCC(C)n1c(-c2cccs2)csc1=Nc1cccc(OC)c1. The largest absolute Gasteiger partial charge is 0.497 e. The van der Waals surface area contributed by atoms with Crippen molar-refractivity contribution in [3.8, 4) is 16.3 Å². The molecule has 3 nitrogen and oxygen atoms in total. The first kappa shape index (κ1) is 17.0. The van der Waals surface area contributed by atoms with Crippen molar-refractivity contribution in [2.45, 2.75) is 32.7 Å². The topological polar surface area (TPSA) is 26.5 Å². The van der Waals surface area contributed by atoms with E-state index in [1.807, 2.05) is 24.3 Å². The minimum atomic E-state index is 0.419. The summed E-state index contributed by atoms with van der Waals surface area (Å²) in [6.07, 6.45) is 2.30. The van der Waals surface area contributed by atoms with Crippen LogP contribution in [0.1, 0.15) is 32.7 Å². The highest BCUT2D eigenvalue weighted by Gasteiger charge is 2.14. The molecule has 5 heteroatoms. The van der Waals surface area contributed by atoms with Gasteiger partial charge in [0, 0.05) is 17.5 Å². The molecule has 0 N–H and O–H groups in total. The molecule has 0 fully saturated rings. The van der Waals surface area contributed by atoms with Crippen molar-refractivity contribution in [1.29, 1.82) is 0 Å². The number of aromatic nitrogens is 1. The maximum Gasteiger partial charge on any atom is 0.190 e. The van der Waals surface area contributed by atoms with Crippen molar-refractivity contribution >= 4 is 28.4 Å². The maximum atomic E-state index is 5.31. The van der Waals surface area contributed by atoms with Gasteiger partial charge in [0.05, 0.1) is 23.4 Å². The van der Waals surface area contributed by atoms with Gasteiger partial charge in [-0.05, 0) is 36.9 Å². The molecule has 1 unspecified atom stereocenters. The molecule has 0 saturated carbocycles. The molecule has 0 aliphatic carbocycles. The lowest BCUT2D eigenvalue weighted by Gasteiger charge is -2.16. The summed E-state index contributed by atoms with van der Waals surface area (Å²) in [5.74, 6) is 0.833. The highest BCUT2D eigenvalue weighted by atomic mass is 32.1. The van der Waals surface area contributed by atoms with Crippen LogP contribution in [0.5, 0.6) is 5.75 Å². The number of thiophene rings is 1. The summed E-state index contributed by atoms with van der Waals surface area (Å²) >= 11 is 3.47. The summed E-state index contributed by atoms with van der Waals surface area (Å²) in [7, 11) is 1.68. The van der Waals surface area contributed by atoms with E-state index in [1.54, 1.807) is 29.8 Å². The second-order valence-electron chi connectivity index (χ2n) is 5.70. The average molecular weight is 359 g/mol. The molecule has 24 heavy (non-hydrogen) atoms. The Hall–Kier alpha value is -1.85. The monoisotopic (exact) mass is 358 g/mol. The van der Waals surface area contributed by atoms with E-state index in [-0.39, 0.29) is 0 Å². The summed E-state index contributed by atoms with van der Waals surface area (Å²) in [5.41, 5.74) is 2.18. The van der Waals surface area contributed by atoms with Crippen LogP contribution in [0.2, 0.25) is 0 Å². The summed E-state index contributed by atoms with van der Waals surface area (Å²) in [6.45, 7) is 4.51. The molecule has 0 radical (unpaired) electrons. The Bertz CT molecular complexity index is 846. The van der Waals surface area contributed by atoms with Crippen LogP contribution in [0.3, 0.4) is 0 Å². The van der Waals surface area contributed by atoms with Crippen molar-refractivity contribution in [3.63, 3.8) is 0 Å². The molecule has 0 spiro atoms. The van der Waals surface area contributed by atoms with Crippen LogP contribution in [0.4, 0.5) is 5.69 Å². The zero-order valence-electron chi connectivity index (χ0n) is 14.2. The number of benzene rings is 1. The first-order valence-electron chi connectivity index (χ1n) is 8.15. The molecular formula is C19H22N2OS2. The number of nitrogens with zero attached hydrogens (tertiary/aromatic N) is 2. The van der Waals surface area contributed by atoms with Crippen molar-refractivity contribution in [2.75, 3.05) is 7.11 Å². The molecule has 2 heterocycles. The van der Waals surface area contributed by atoms with Crippen LogP contribution in [0, 0.1) is 0 Å². The average Bonchev–Trinajstić information content (AvgIpc) is 3.24. The molecule has 0 amide bonds. The molecule has 2 aromatic heterocycles. The van der Waals surface area contributed by atoms with E-state index >= 15 is 0 Å². The minimum absolute atomic E-state index is 0.419. The zero-order valence-corrected chi connectivity index (χ0v) is 15.9. The number of rotatable bonds is 6. The summed E-state index contributed by atoms with van der Waals surface area (Å²) in [6, 6.07) is 12.6. The van der Waals surface area contributed by atoms with Crippen LogP contribution in [-0.2, 0) is 0 Å². The van der Waals surface area contributed by atoms with Gasteiger partial charge in [-0.1, -0.05) is 25.5 Å². The summed E-state index contributed by atoms with van der Waals surface area (Å²) < 4.78 is 7.69. The van der Waals surface area contributed by atoms with E-state index in [2.05, 4.69) is 41.3 Å². The number of thiazole rings is 1. The normalized spacial score (nSPS) is 13.2. The van der Waals surface area contributed by atoms with Crippen molar-refractivity contribution < 1.29 is 4.74 Å². The number of hydrogen-bond acceptors (Lipinski definition) is 4. The molecule has 0 aliphatic rings. The Labute approximate surface area is 150 Å². The molecule has 3 aromatic rings. The fraction of sp³-hybridized carbons (Fsp3) is 0.316. The number of hydrogen-bond donors (Lipinski definition) is 0. The van der Waals surface area contributed by atoms with Gasteiger partial charge in [0.1, 0.15) is 5.75 Å². The van der Waals surface area contributed by atoms with Crippen LogP contribution >= 0.6 is 22.7 Å². The molecule has 0 saturated heterocycles. The Morgan fingerprint density at radius 2 is 2.08 bits per heavy atom. The molecule has 1 atom stereocenters. The van der Waals surface area contributed by atoms with Gasteiger partial charge in [0.25, 0.3) is 0 Å². The fourth-order valence-corrected chi connectivity index (χ4v) is 4.59. The van der Waals surface area contributed by atoms with Crippen LogP contribution < -0.4 is 9.54 Å². The minimum Gasteiger partial charge on any atom is -0.497 e. The summed E-state index contributed by atoms with van der Waals surface area (Å²) in [4.78, 5) is 7.22. The van der Waals surface area contributed by atoms with Crippen LogP contribution in [0.15, 0.2) is 52.2 Å². The zero-order chi connectivity index (χ0) is 16.9. The third kappa shape index (κ3) is 3.62. The Morgan fingerprint density at radius 3 is 2.79 bits per heavy atom. The molecule has 0 bridgehead atoms. The van der Waals surface area contributed by atoms with Gasteiger partial charge >= 0.3 is 0 Å². The smallest absolute Gasteiger partial charge is 0.190 e. The van der Waals surface area contributed by atoms with Crippen molar-refractivity contribution in [2.24, 2.45) is 4.99 Å². The molecular weight excluding hydrogens is 336 g/mol. The van der Waals surface area contributed by atoms with Gasteiger partial charge in [0.15, 0.2) is 4.80 Å². The fourth-order valence-electron chi connectivity index (χ4n) is 2.77. The van der Waals surface area contributed by atoms with E-state index in [0.717, 1.165) is 29.1 Å². The Balaban J connectivity index is 2.11.